The molecule has 2 rings (SSSR count). The van der Waals surface area contributed by atoms with Gasteiger partial charge in [0.1, 0.15) is 0 Å². The number of imide groups is 1. The number of rotatable bonds is 7. The Balaban J connectivity index is 0.00000338. The van der Waals surface area contributed by atoms with Crippen LogP contribution in [0.25, 0.3) is 0 Å². The molecule has 2 aliphatic heterocycles. The number of likely N-dealkylation sites (tertiary alicyclic amines) is 2. The molecule has 1 atom stereocenters. The summed E-state index contributed by atoms with van der Waals surface area (Å²) in [6.07, 6.45) is 6.70. The van der Waals surface area contributed by atoms with E-state index in [1.165, 1.54) is 30.7 Å². The monoisotopic (exact) mass is 479 g/mol. The van der Waals surface area contributed by atoms with Gasteiger partial charge in [-0.1, -0.05) is 6.42 Å². The second-order valence-electron chi connectivity index (χ2n) is 6.95. The normalized spacial score (nSPS) is 22.2. The summed E-state index contributed by atoms with van der Waals surface area (Å²) in [4.78, 5) is 31.7. The van der Waals surface area contributed by atoms with Gasteiger partial charge < -0.3 is 15.5 Å². The molecule has 2 N–H and O–H groups in total. The van der Waals surface area contributed by atoms with Gasteiger partial charge in [0.15, 0.2) is 5.96 Å². The lowest BCUT2D eigenvalue weighted by atomic mass is 10.0. The summed E-state index contributed by atoms with van der Waals surface area (Å²) in [5.41, 5.74) is 0. The maximum atomic E-state index is 11.8. The van der Waals surface area contributed by atoms with Crippen LogP contribution in [0.1, 0.15) is 51.9 Å². The lowest BCUT2D eigenvalue weighted by Gasteiger charge is -2.33. The zero-order valence-corrected chi connectivity index (χ0v) is 18.5. The largest absolute Gasteiger partial charge is 0.356 e. The Labute approximate surface area is 174 Å². The second kappa shape index (κ2) is 12.5. The third kappa shape index (κ3) is 7.38. The van der Waals surface area contributed by atoms with Crippen molar-refractivity contribution < 1.29 is 9.59 Å². The van der Waals surface area contributed by atoms with Crippen LogP contribution in [-0.4, -0.2) is 73.4 Å². The van der Waals surface area contributed by atoms with Crippen LogP contribution >= 0.6 is 24.0 Å². The first kappa shape index (κ1) is 23.1. The zero-order chi connectivity index (χ0) is 18.1. The van der Waals surface area contributed by atoms with Crippen molar-refractivity contribution in [3.8, 4) is 0 Å². The smallest absolute Gasteiger partial charge is 0.229 e. The maximum Gasteiger partial charge on any atom is 0.229 e. The molecule has 2 heterocycles. The first-order valence-corrected chi connectivity index (χ1v) is 9.63. The molecule has 2 saturated heterocycles. The van der Waals surface area contributed by atoms with Crippen LogP contribution < -0.4 is 10.6 Å². The third-order valence-electron chi connectivity index (χ3n) is 5.09. The fraction of sp³-hybridized carbons (Fsp3) is 0.833. The highest BCUT2D eigenvalue weighted by Gasteiger charge is 2.25. The Hall–Kier alpha value is -0.900. The summed E-state index contributed by atoms with van der Waals surface area (Å²) in [7, 11) is 1.74. The van der Waals surface area contributed by atoms with Crippen molar-refractivity contribution in [2.75, 3.05) is 39.8 Å². The number of amides is 2. The molecule has 2 fully saturated rings. The van der Waals surface area contributed by atoms with E-state index in [0.717, 1.165) is 25.5 Å². The fourth-order valence-corrected chi connectivity index (χ4v) is 3.53. The quantitative estimate of drug-likeness (QED) is 0.191. The highest BCUT2D eigenvalue weighted by molar-refractivity contribution is 14.0. The van der Waals surface area contributed by atoms with E-state index in [1.54, 1.807) is 7.05 Å². The van der Waals surface area contributed by atoms with Crippen LogP contribution in [0, 0.1) is 0 Å². The van der Waals surface area contributed by atoms with Gasteiger partial charge in [-0.15, -0.1) is 24.0 Å². The lowest BCUT2D eigenvalue weighted by Crippen LogP contribution is -2.47. The molecule has 1 unspecified atom stereocenters. The molecule has 0 spiro atoms. The summed E-state index contributed by atoms with van der Waals surface area (Å²) in [5.74, 6) is 0.608. The second-order valence-corrected chi connectivity index (χ2v) is 6.95. The summed E-state index contributed by atoms with van der Waals surface area (Å²) in [6.45, 7) is 6.44. The first-order valence-electron chi connectivity index (χ1n) is 9.63. The third-order valence-corrected chi connectivity index (χ3v) is 5.09. The Kier molecular flexibility index (Phi) is 11.1. The molecular weight excluding hydrogens is 445 g/mol. The summed E-state index contributed by atoms with van der Waals surface area (Å²) < 4.78 is 0. The summed E-state index contributed by atoms with van der Waals surface area (Å²) in [5, 5.41) is 6.49. The highest BCUT2D eigenvalue weighted by Crippen LogP contribution is 2.16. The van der Waals surface area contributed by atoms with Crippen LogP contribution in [-0.2, 0) is 9.59 Å². The Morgan fingerprint density at radius 3 is 2.42 bits per heavy atom. The molecule has 8 heteroatoms. The lowest BCUT2D eigenvalue weighted by molar-refractivity contribution is -0.147. The van der Waals surface area contributed by atoms with Gasteiger partial charge in [0.25, 0.3) is 0 Å². The SMILES string of the molecule is CN=C(NCCCN1CCCCC1C)NCCN1C(=O)CCCC1=O.I. The molecule has 0 bridgehead atoms. The number of aliphatic imine (C=N–C) groups is 1. The topological polar surface area (TPSA) is 77.0 Å². The number of piperidine rings is 2. The van der Waals surface area contributed by atoms with Crippen LogP contribution in [0.4, 0.5) is 0 Å². The minimum Gasteiger partial charge on any atom is -0.356 e. The average molecular weight is 479 g/mol. The van der Waals surface area contributed by atoms with E-state index < -0.39 is 0 Å². The van der Waals surface area contributed by atoms with Crippen LogP contribution in [0.2, 0.25) is 0 Å². The molecule has 7 nitrogen and oxygen atoms in total. The number of carbonyl (C=O) groups is 2. The first-order chi connectivity index (χ1) is 12.1. The Morgan fingerprint density at radius 1 is 1.08 bits per heavy atom. The highest BCUT2D eigenvalue weighted by atomic mass is 127. The molecule has 0 aromatic heterocycles. The number of halogens is 1. The van der Waals surface area contributed by atoms with Crippen LogP contribution in [0.3, 0.4) is 0 Å². The summed E-state index contributed by atoms with van der Waals surface area (Å²) in [6, 6.07) is 0.700. The molecule has 0 saturated carbocycles. The minimum atomic E-state index is -0.0587. The van der Waals surface area contributed by atoms with Gasteiger partial charge in [0, 0.05) is 52.1 Å². The molecule has 0 aliphatic carbocycles. The predicted molar refractivity (Wildman–Crippen MR) is 115 cm³/mol. The van der Waals surface area contributed by atoms with Crippen LogP contribution in [0.15, 0.2) is 4.99 Å². The van der Waals surface area contributed by atoms with E-state index in [1.807, 2.05) is 0 Å². The van der Waals surface area contributed by atoms with E-state index in [4.69, 9.17) is 0 Å². The predicted octanol–water partition coefficient (Wildman–Crippen LogP) is 1.57. The van der Waals surface area contributed by atoms with Gasteiger partial charge in [-0.25, -0.2) is 0 Å². The van der Waals surface area contributed by atoms with Crippen molar-refractivity contribution in [1.82, 2.24) is 20.4 Å². The van der Waals surface area contributed by atoms with E-state index in [9.17, 15) is 9.59 Å². The zero-order valence-electron chi connectivity index (χ0n) is 16.1. The van der Waals surface area contributed by atoms with Gasteiger partial charge >= 0.3 is 0 Å². The van der Waals surface area contributed by atoms with Gasteiger partial charge in [-0.2, -0.15) is 0 Å². The standard InChI is InChI=1S/C18H33N5O2.HI/c1-15-7-3-4-12-22(15)13-6-10-20-18(19-2)21-11-14-23-16(24)8-5-9-17(23)25;/h15H,3-14H2,1-2H3,(H2,19,20,21);1H. The maximum absolute atomic E-state index is 11.8. The molecule has 0 aromatic rings. The number of guanidine groups is 1. The van der Waals surface area contributed by atoms with E-state index in [2.05, 4.69) is 27.4 Å². The number of hydrogen-bond donors (Lipinski definition) is 2. The van der Waals surface area contributed by atoms with Crippen molar-refractivity contribution in [3.63, 3.8) is 0 Å². The number of nitrogens with one attached hydrogen (secondary N) is 2. The molecule has 26 heavy (non-hydrogen) atoms. The molecule has 150 valence electrons. The van der Waals surface area contributed by atoms with Crippen molar-refractivity contribution >= 4 is 41.8 Å². The van der Waals surface area contributed by atoms with Gasteiger partial charge in [0.2, 0.25) is 11.8 Å². The molecule has 0 radical (unpaired) electrons. The van der Waals surface area contributed by atoms with Crippen molar-refractivity contribution in [2.24, 2.45) is 4.99 Å². The van der Waals surface area contributed by atoms with E-state index in [-0.39, 0.29) is 35.8 Å². The van der Waals surface area contributed by atoms with Crippen molar-refractivity contribution in [1.29, 1.82) is 0 Å². The molecule has 2 aliphatic rings. The van der Waals surface area contributed by atoms with Gasteiger partial charge in [-0.05, 0) is 39.2 Å². The van der Waals surface area contributed by atoms with Crippen molar-refractivity contribution in [2.45, 2.75) is 57.9 Å². The Bertz CT molecular complexity index is 470. The van der Waals surface area contributed by atoms with Gasteiger partial charge in [-0.3, -0.25) is 19.5 Å². The van der Waals surface area contributed by atoms with Crippen molar-refractivity contribution in [3.05, 3.63) is 0 Å². The Morgan fingerprint density at radius 2 is 1.77 bits per heavy atom. The van der Waals surface area contributed by atoms with Gasteiger partial charge in [0.05, 0.1) is 0 Å². The fourth-order valence-electron chi connectivity index (χ4n) is 3.53. The molecular formula is C18H34IN5O2. The van der Waals surface area contributed by atoms with E-state index in [0.29, 0.717) is 38.4 Å². The summed E-state index contributed by atoms with van der Waals surface area (Å²) >= 11 is 0. The number of nitrogens with zero attached hydrogens (tertiary/aromatic N) is 3. The molecule has 2 amide bonds. The minimum absolute atomic E-state index is 0. The number of carbonyl (C=O) groups excluding carboxylic acids is 2. The molecule has 0 aromatic carbocycles. The average Bonchev–Trinajstić information content (AvgIpc) is 2.60. The van der Waals surface area contributed by atoms with Crippen LogP contribution in [0.5, 0.6) is 0 Å². The number of hydrogen-bond acceptors (Lipinski definition) is 4. The van der Waals surface area contributed by atoms with E-state index >= 15 is 0 Å².